The molecule has 1 aliphatic carbocycles. The lowest BCUT2D eigenvalue weighted by Crippen LogP contribution is -2.53. The van der Waals surface area contributed by atoms with E-state index in [0.717, 1.165) is 17.6 Å². The van der Waals surface area contributed by atoms with Gasteiger partial charge in [0.05, 0.1) is 23.8 Å². The maximum atomic E-state index is 16.7. The van der Waals surface area contributed by atoms with Gasteiger partial charge >= 0.3 is 11.9 Å². The predicted molar refractivity (Wildman–Crippen MR) is 144 cm³/mol. The van der Waals surface area contributed by atoms with Crippen LogP contribution in [0.15, 0.2) is 65.2 Å². The van der Waals surface area contributed by atoms with E-state index in [1.54, 1.807) is 27.7 Å². The van der Waals surface area contributed by atoms with Gasteiger partial charge in [-0.2, -0.15) is 0 Å². The normalized spacial score (nSPS) is 29.7. The Balaban J connectivity index is 1.30. The molecule has 0 spiro atoms. The summed E-state index contributed by atoms with van der Waals surface area (Å²) in [6.45, 7) is 7.71. The van der Waals surface area contributed by atoms with E-state index in [2.05, 4.69) is 5.32 Å². The van der Waals surface area contributed by atoms with Crippen LogP contribution in [-0.2, 0) is 25.7 Å². The van der Waals surface area contributed by atoms with Gasteiger partial charge in [0, 0.05) is 22.9 Å². The number of ketones is 1. The van der Waals surface area contributed by atoms with E-state index >= 15 is 4.48 Å². The summed E-state index contributed by atoms with van der Waals surface area (Å²) in [5.74, 6) is -0.398. The van der Waals surface area contributed by atoms with Gasteiger partial charge in [-0.05, 0) is 69.2 Å². The molecule has 0 amide bonds. The number of rotatable bonds is 7. The first-order chi connectivity index (χ1) is 18.4. The minimum absolute atomic E-state index is 0.0201. The molecule has 7 nitrogen and oxygen atoms in total. The Morgan fingerprint density at radius 1 is 1.23 bits per heavy atom. The van der Waals surface area contributed by atoms with E-state index in [-0.39, 0.29) is 43.2 Å². The van der Waals surface area contributed by atoms with Gasteiger partial charge in [0.2, 0.25) is 5.78 Å². The zero-order valence-corrected chi connectivity index (χ0v) is 23.3. The van der Waals surface area contributed by atoms with Crippen LogP contribution in [0, 0.1) is 5.92 Å². The van der Waals surface area contributed by atoms with Crippen molar-refractivity contribution in [3.8, 4) is 0 Å². The van der Waals surface area contributed by atoms with Crippen LogP contribution in [-0.4, -0.2) is 51.4 Å². The first-order valence-electron chi connectivity index (χ1n) is 14.0. The van der Waals surface area contributed by atoms with Gasteiger partial charge in [-0.1, -0.05) is 42.0 Å². The number of halogens is 1. The highest BCUT2D eigenvalue weighted by Crippen LogP contribution is 2.48. The van der Waals surface area contributed by atoms with Crippen molar-refractivity contribution >= 4 is 11.8 Å². The standard InChI is InChI=1S/C31H40FN2O5/c1-5-31(37,17-27(36)39-30(2,3)4)23-15-21-14-22-18-34(32)24(28(22)33-29(21)25(35)16-23)12-9-13-26(34)38-19-20-10-7-6-8-11-20/h6-8,10-11,13,16,22,24,28,33,37H,5,9,12,14-15,17-19H2,1-4H3/q+1. The summed E-state index contributed by atoms with van der Waals surface area (Å²) in [5, 5.41) is 14.9. The van der Waals surface area contributed by atoms with Crippen LogP contribution in [0.4, 0.5) is 4.48 Å². The lowest BCUT2D eigenvalue weighted by atomic mass is 9.75. The number of fused-ring (bicyclic) bond motifs is 3. The molecule has 0 bridgehead atoms. The Labute approximate surface area is 229 Å². The number of ether oxygens (including phenoxy) is 2. The van der Waals surface area contributed by atoms with Crippen molar-refractivity contribution in [1.29, 1.82) is 0 Å². The molecule has 1 fully saturated rings. The minimum Gasteiger partial charge on any atom is -0.460 e. The SMILES string of the molecule is CCC(O)(CC(=O)OC(C)(C)C)C1=CC(=O)C2=C(C1)CC1C[N+]3(F)C(OCc4ccccc4)=CCCC3C1N2. The molecule has 0 saturated carbocycles. The molecular formula is C31H40FN2O5+. The Bertz CT molecular complexity index is 1230. The molecule has 3 aliphatic heterocycles. The summed E-state index contributed by atoms with van der Waals surface area (Å²) in [6.07, 6.45) is 5.71. The number of nitrogens with zero attached hydrogens (tertiary/aromatic N) is 1. The Hall–Kier alpha value is -2.97. The lowest BCUT2D eigenvalue weighted by Gasteiger charge is -2.38. The number of benzene rings is 1. The number of carbonyl (C=O) groups is 2. The van der Waals surface area contributed by atoms with E-state index in [1.165, 1.54) is 6.08 Å². The van der Waals surface area contributed by atoms with Crippen LogP contribution in [0.1, 0.15) is 71.8 Å². The van der Waals surface area contributed by atoms with Crippen LogP contribution < -0.4 is 5.32 Å². The molecule has 5 rings (SSSR count). The summed E-state index contributed by atoms with van der Waals surface area (Å²) in [7, 11) is 0. The molecule has 210 valence electrons. The third kappa shape index (κ3) is 5.41. The minimum atomic E-state index is -1.48. The number of allylic oxidation sites excluding steroid dienone is 3. The number of aliphatic hydroxyl groups is 1. The van der Waals surface area contributed by atoms with Crippen LogP contribution in [0.2, 0.25) is 0 Å². The molecular weight excluding hydrogens is 499 g/mol. The highest BCUT2D eigenvalue weighted by Gasteiger charge is 2.62. The fourth-order valence-corrected chi connectivity index (χ4v) is 6.61. The first kappa shape index (κ1) is 27.6. The average Bonchev–Trinajstić information content (AvgIpc) is 3.17. The van der Waals surface area contributed by atoms with Gasteiger partial charge in [0.25, 0.3) is 0 Å². The number of esters is 1. The summed E-state index contributed by atoms with van der Waals surface area (Å²) in [4.78, 5) is 25.9. The van der Waals surface area contributed by atoms with Crippen molar-refractivity contribution in [2.45, 2.75) is 96.1 Å². The first-order valence-corrected chi connectivity index (χ1v) is 14.0. The van der Waals surface area contributed by atoms with Crippen molar-refractivity contribution in [1.82, 2.24) is 5.32 Å². The Kier molecular flexibility index (Phi) is 7.22. The molecule has 0 aromatic heterocycles. The number of quaternary nitrogens is 1. The predicted octanol–water partition coefficient (Wildman–Crippen LogP) is 4.93. The molecule has 5 atom stereocenters. The van der Waals surface area contributed by atoms with Gasteiger partial charge in [0.15, 0.2) is 6.04 Å². The highest BCUT2D eigenvalue weighted by atomic mass is 19.2. The van der Waals surface area contributed by atoms with Crippen molar-refractivity contribution < 1.29 is 33.4 Å². The Morgan fingerprint density at radius 3 is 2.67 bits per heavy atom. The molecule has 39 heavy (non-hydrogen) atoms. The van der Waals surface area contributed by atoms with Crippen molar-refractivity contribution in [3.05, 3.63) is 70.8 Å². The molecule has 1 saturated heterocycles. The zero-order chi connectivity index (χ0) is 28.0. The second-order valence-electron chi connectivity index (χ2n) is 12.4. The van der Waals surface area contributed by atoms with Gasteiger partial charge in [-0.3, -0.25) is 9.59 Å². The van der Waals surface area contributed by atoms with Gasteiger partial charge in [0.1, 0.15) is 18.8 Å². The van der Waals surface area contributed by atoms with Crippen LogP contribution in [0.5, 0.6) is 0 Å². The van der Waals surface area contributed by atoms with E-state index in [4.69, 9.17) is 9.47 Å². The van der Waals surface area contributed by atoms with E-state index < -0.39 is 21.9 Å². The second kappa shape index (κ2) is 10.2. The quantitative estimate of drug-likeness (QED) is 0.378. The molecule has 8 heteroatoms. The second-order valence-corrected chi connectivity index (χ2v) is 12.4. The number of carbonyl (C=O) groups excluding carboxylic acids is 2. The van der Waals surface area contributed by atoms with Gasteiger partial charge in [-0.25, -0.2) is 0 Å². The number of nitrogens with one attached hydrogen (secondary N) is 1. The van der Waals surface area contributed by atoms with E-state index in [1.807, 2.05) is 36.4 Å². The van der Waals surface area contributed by atoms with Crippen molar-refractivity contribution in [3.63, 3.8) is 0 Å². The molecule has 0 radical (unpaired) electrons. The topological polar surface area (TPSA) is 84.9 Å². The highest BCUT2D eigenvalue weighted by molar-refractivity contribution is 6.06. The maximum absolute atomic E-state index is 16.7. The molecule has 5 unspecified atom stereocenters. The zero-order valence-electron chi connectivity index (χ0n) is 23.3. The molecule has 1 aromatic carbocycles. The smallest absolute Gasteiger partial charge is 0.327 e. The summed E-state index contributed by atoms with van der Waals surface area (Å²) < 4.78 is 27.4. The van der Waals surface area contributed by atoms with Crippen LogP contribution >= 0.6 is 0 Å². The molecule has 2 N–H and O–H groups in total. The third-order valence-corrected chi connectivity index (χ3v) is 8.49. The van der Waals surface area contributed by atoms with Gasteiger partial charge < -0.3 is 19.9 Å². The summed E-state index contributed by atoms with van der Waals surface area (Å²) in [6, 6.07) is 9.23. The maximum Gasteiger partial charge on any atom is 0.327 e. The largest absolute Gasteiger partial charge is 0.460 e. The van der Waals surface area contributed by atoms with Crippen LogP contribution in [0.25, 0.3) is 0 Å². The van der Waals surface area contributed by atoms with Crippen molar-refractivity contribution in [2.24, 2.45) is 5.92 Å². The van der Waals surface area contributed by atoms with Gasteiger partial charge in [-0.15, -0.1) is 0 Å². The third-order valence-electron chi connectivity index (χ3n) is 8.49. The van der Waals surface area contributed by atoms with E-state index in [9.17, 15) is 14.7 Å². The molecule has 4 aliphatic rings. The summed E-state index contributed by atoms with van der Waals surface area (Å²) >= 11 is 0. The van der Waals surface area contributed by atoms with E-state index in [0.29, 0.717) is 43.0 Å². The van der Waals surface area contributed by atoms with Crippen molar-refractivity contribution in [2.75, 3.05) is 6.54 Å². The molecule has 1 aromatic rings. The fourth-order valence-electron chi connectivity index (χ4n) is 6.61. The Morgan fingerprint density at radius 2 is 1.97 bits per heavy atom. The monoisotopic (exact) mass is 539 g/mol. The average molecular weight is 540 g/mol. The molecule has 3 heterocycles. The summed E-state index contributed by atoms with van der Waals surface area (Å²) in [5.41, 5.74) is 0.751. The fraction of sp³-hybridized carbons (Fsp3) is 0.548. The number of hydrogen-bond acceptors (Lipinski definition) is 6. The number of hydrogen-bond donors (Lipinski definition) is 2. The van der Waals surface area contributed by atoms with Crippen LogP contribution in [0.3, 0.4) is 0 Å². The lowest BCUT2D eigenvalue weighted by molar-refractivity contribution is -1.05.